The van der Waals surface area contributed by atoms with E-state index in [4.69, 9.17) is 4.98 Å². The number of aryl methyl sites for hydroxylation is 1. The topological polar surface area (TPSA) is 67.2 Å². The minimum absolute atomic E-state index is 0.00194. The van der Waals surface area contributed by atoms with Gasteiger partial charge >= 0.3 is 0 Å². The molecule has 1 N–H and O–H groups in total. The Hall–Kier alpha value is -2.38. The number of nitrogens with zero attached hydrogens (tertiary/aromatic N) is 3. The van der Waals surface area contributed by atoms with Crippen molar-refractivity contribution in [2.24, 2.45) is 13.0 Å². The van der Waals surface area contributed by atoms with E-state index in [1.54, 1.807) is 6.07 Å². The maximum Gasteiger partial charge on any atom is 0.229 e. The van der Waals surface area contributed by atoms with Crippen LogP contribution >= 0.6 is 0 Å². The van der Waals surface area contributed by atoms with Crippen LogP contribution in [0.5, 0.6) is 0 Å². The molecule has 1 fully saturated rings. The molecule has 0 saturated carbocycles. The number of anilines is 1. The first kappa shape index (κ1) is 20.9. The van der Waals surface area contributed by atoms with Gasteiger partial charge in [-0.3, -0.25) is 9.62 Å². The van der Waals surface area contributed by atoms with E-state index in [1.165, 1.54) is 11.8 Å². The number of para-hydroxylation sites is 2. The molecular weight excluding hydrogens is 396 g/mol. The number of aromatic nitrogens is 2. The van der Waals surface area contributed by atoms with Crippen molar-refractivity contribution in [1.29, 1.82) is 0 Å². The van der Waals surface area contributed by atoms with Gasteiger partial charge in [0.25, 0.3) is 0 Å². The molecule has 0 spiro atoms. The second kappa shape index (κ2) is 7.71. The molecule has 6 nitrogen and oxygen atoms in total. The molecule has 1 aliphatic rings. The predicted octanol–water partition coefficient (Wildman–Crippen LogP) is 3.74. The summed E-state index contributed by atoms with van der Waals surface area (Å²) in [5.41, 5.74) is 4.02. The normalized spacial score (nSPS) is 23.0. The van der Waals surface area contributed by atoms with E-state index in [1.807, 2.05) is 18.2 Å². The molecule has 1 aliphatic heterocycles. The fourth-order valence-corrected chi connectivity index (χ4v) is 5.13. The number of likely N-dealkylation sites (tertiary alicyclic amines) is 1. The van der Waals surface area contributed by atoms with Crippen molar-refractivity contribution in [2.45, 2.75) is 32.2 Å². The molecule has 2 heterocycles. The third-order valence-electron chi connectivity index (χ3n) is 6.64. The first-order valence-corrected chi connectivity index (χ1v) is 12.3. The number of hydrogen-bond donors (Lipinski definition) is 1. The highest BCUT2D eigenvalue weighted by atomic mass is 32.2. The molecule has 30 heavy (non-hydrogen) atoms. The number of piperidine rings is 1. The summed E-state index contributed by atoms with van der Waals surface area (Å²) in [7, 11) is -1.20. The molecule has 2 atom stereocenters. The Morgan fingerprint density at radius 3 is 2.67 bits per heavy atom. The third-order valence-corrected chi connectivity index (χ3v) is 7.24. The Morgan fingerprint density at radius 2 is 1.97 bits per heavy atom. The lowest BCUT2D eigenvalue weighted by Crippen LogP contribution is -2.47. The number of fused-ring (bicyclic) bond motifs is 1. The van der Waals surface area contributed by atoms with Crippen LogP contribution in [-0.4, -0.2) is 42.2 Å². The summed E-state index contributed by atoms with van der Waals surface area (Å²) >= 11 is 0. The monoisotopic (exact) mass is 426 g/mol. The molecule has 0 unspecified atom stereocenters. The van der Waals surface area contributed by atoms with Gasteiger partial charge in [0.1, 0.15) is 5.82 Å². The highest BCUT2D eigenvalue weighted by Gasteiger charge is 2.38. The number of hydrogen-bond acceptors (Lipinski definition) is 4. The lowest BCUT2D eigenvalue weighted by molar-refractivity contribution is 0.103. The Morgan fingerprint density at radius 1 is 1.20 bits per heavy atom. The third kappa shape index (κ3) is 4.09. The molecule has 0 amide bonds. The zero-order chi connectivity index (χ0) is 21.5. The summed E-state index contributed by atoms with van der Waals surface area (Å²) in [6.45, 7) is 7.37. The molecule has 0 bridgehead atoms. The molecule has 1 saturated heterocycles. The van der Waals surface area contributed by atoms with Crippen molar-refractivity contribution in [3.8, 4) is 0 Å². The van der Waals surface area contributed by atoms with Crippen LogP contribution in [-0.2, 0) is 29.0 Å². The smallest absolute Gasteiger partial charge is 0.229 e. The van der Waals surface area contributed by atoms with Crippen LogP contribution in [0.2, 0.25) is 0 Å². The van der Waals surface area contributed by atoms with Gasteiger partial charge in [0.05, 0.1) is 23.8 Å². The lowest BCUT2D eigenvalue weighted by atomic mass is 9.68. The summed E-state index contributed by atoms with van der Waals surface area (Å²) in [6, 6.07) is 16.1. The molecule has 0 aliphatic carbocycles. The van der Waals surface area contributed by atoms with Gasteiger partial charge < -0.3 is 4.57 Å². The summed E-state index contributed by atoms with van der Waals surface area (Å²) in [6.07, 6.45) is 2.20. The minimum Gasteiger partial charge on any atom is -0.330 e. The van der Waals surface area contributed by atoms with E-state index >= 15 is 0 Å². The number of benzene rings is 2. The maximum absolute atomic E-state index is 11.6. The van der Waals surface area contributed by atoms with Gasteiger partial charge in [-0.2, -0.15) is 0 Å². The standard InChI is InChI=1S/C23H30N4O2S/c1-17-15-27(16-22-24-20-10-5-6-11-21(20)26(22)3)13-12-23(17,2)18-8-7-9-19(14-18)25-30(4,28)29/h5-11,14,17,25H,12-13,15-16H2,1-4H3/t17-,23+/m1/s1. The quantitative estimate of drug-likeness (QED) is 0.675. The van der Waals surface area contributed by atoms with Crippen LogP contribution in [0.25, 0.3) is 11.0 Å². The van der Waals surface area contributed by atoms with Gasteiger partial charge in [-0.15, -0.1) is 0 Å². The van der Waals surface area contributed by atoms with Crippen molar-refractivity contribution in [1.82, 2.24) is 14.5 Å². The number of nitrogens with one attached hydrogen (secondary N) is 1. The maximum atomic E-state index is 11.6. The van der Waals surface area contributed by atoms with Gasteiger partial charge in [-0.05, 0) is 54.1 Å². The van der Waals surface area contributed by atoms with Gasteiger partial charge in [0.2, 0.25) is 10.0 Å². The van der Waals surface area contributed by atoms with Crippen molar-refractivity contribution in [2.75, 3.05) is 24.1 Å². The van der Waals surface area contributed by atoms with Crippen LogP contribution in [0.1, 0.15) is 31.7 Å². The van der Waals surface area contributed by atoms with Crippen LogP contribution in [0.3, 0.4) is 0 Å². The van der Waals surface area contributed by atoms with Crippen LogP contribution in [0.15, 0.2) is 48.5 Å². The Labute approximate surface area is 179 Å². The predicted molar refractivity (Wildman–Crippen MR) is 122 cm³/mol. The van der Waals surface area contributed by atoms with Gasteiger partial charge in [0, 0.05) is 19.3 Å². The Bertz CT molecular complexity index is 1170. The highest BCUT2D eigenvalue weighted by Crippen LogP contribution is 2.40. The van der Waals surface area contributed by atoms with E-state index in [9.17, 15) is 8.42 Å². The Kier molecular flexibility index (Phi) is 5.36. The molecule has 7 heteroatoms. The first-order valence-electron chi connectivity index (χ1n) is 10.4. The van der Waals surface area contributed by atoms with Crippen molar-refractivity contribution in [3.05, 3.63) is 59.9 Å². The zero-order valence-corrected chi connectivity index (χ0v) is 18.9. The highest BCUT2D eigenvalue weighted by molar-refractivity contribution is 7.92. The minimum atomic E-state index is -3.28. The second-order valence-electron chi connectivity index (χ2n) is 8.83. The van der Waals surface area contributed by atoms with Crippen LogP contribution in [0, 0.1) is 5.92 Å². The number of imidazole rings is 1. The van der Waals surface area contributed by atoms with Gasteiger partial charge in [-0.1, -0.05) is 38.1 Å². The largest absolute Gasteiger partial charge is 0.330 e. The average Bonchev–Trinajstić information content (AvgIpc) is 2.99. The number of rotatable bonds is 5. The van der Waals surface area contributed by atoms with Crippen LogP contribution in [0.4, 0.5) is 5.69 Å². The first-order chi connectivity index (χ1) is 14.2. The molecule has 4 rings (SSSR count). The second-order valence-corrected chi connectivity index (χ2v) is 10.6. The van der Waals surface area contributed by atoms with Crippen molar-refractivity contribution in [3.63, 3.8) is 0 Å². The van der Waals surface area contributed by atoms with E-state index < -0.39 is 10.0 Å². The molecule has 3 aromatic rings. The fraction of sp³-hybridized carbons (Fsp3) is 0.435. The van der Waals surface area contributed by atoms with E-state index in [-0.39, 0.29) is 5.41 Å². The van der Waals surface area contributed by atoms with E-state index in [0.29, 0.717) is 11.6 Å². The summed E-state index contributed by atoms with van der Waals surface area (Å²) < 4.78 is 28.0. The summed E-state index contributed by atoms with van der Waals surface area (Å²) in [4.78, 5) is 7.31. The molecule has 0 radical (unpaired) electrons. The van der Waals surface area contributed by atoms with Gasteiger partial charge in [-0.25, -0.2) is 13.4 Å². The van der Waals surface area contributed by atoms with E-state index in [2.05, 4.69) is 59.3 Å². The average molecular weight is 427 g/mol. The Balaban J connectivity index is 1.51. The van der Waals surface area contributed by atoms with Crippen molar-refractivity contribution >= 4 is 26.7 Å². The number of sulfonamides is 1. The van der Waals surface area contributed by atoms with Gasteiger partial charge in [0.15, 0.2) is 0 Å². The molecule has 1 aromatic heterocycles. The SMILES string of the molecule is C[C@@H]1CN(Cc2nc3ccccc3n2C)CC[C@]1(C)c1cccc(NS(C)(=O)=O)c1. The fourth-order valence-electron chi connectivity index (χ4n) is 4.58. The van der Waals surface area contributed by atoms with Crippen molar-refractivity contribution < 1.29 is 8.42 Å². The lowest BCUT2D eigenvalue weighted by Gasteiger charge is -2.45. The van der Waals surface area contributed by atoms with Crippen LogP contribution < -0.4 is 4.72 Å². The summed E-state index contributed by atoms with van der Waals surface area (Å²) in [5, 5.41) is 0. The zero-order valence-electron chi connectivity index (χ0n) is 18.1. The molecule has 160 valence electrons. The molecular formula is C23H30N4O2S. The summed E-state index contributed by atoms with van der Waals surface area (Å²) in [5.74, 6) is 1.51. The molecule has 2 aromatic carbocycles. The van der Waals surface area contributed by atoms with E-state index in [0.717, 1.165) is 42.9 Å².